The monoisotopic (exact) mass is 372 g/mol. The van der Waals surface area contributed by atoms with Crippen molar-refractivity contribution in [1.29, 1.82) is 0 Å². The van der Waals surface area contributed by atoms with Gasteiger partial charge in [-0.05, 0) is 41.5 Å². The van der Waals surface area contributed by atoms with Crippen molar-refractivity contribution in [2.75, 3.05) is 11.9 Å². The number of hydrogen-bond acceptors (Lipinski definition) is 3. The van der Waals surface area contributed by atoms with E-state index in [0.717, 1.165) is 30.3 Å². The largest absolute Gasteiger partial charge is 0.369 e. The zero-order valence-electron chi connectivity index (χ0n) is 13.8. The first-order valence-electron chi connectivity index (χ1n) is 8.12. The molecule has 0 amide bonds. The molecule has 1 aromatic heterocycles. The van der Waals surface area contributed by atoms with Gasteiger partial charge in [0.15, 0.2) is 5.78 Å². The average molecular weight is 372 g/mol. The number of rotatable bonds is 3. The summed E-state index contributed by atoms with van der Waals surface area (Å²) in [5.74, 6) is -4.26. The smallest absolute Gasteiger partial charge is 0.175 e. The minimum atomic E-state index is -0.962. The molecule has 7 heteroatoms. The molecule has 0 fully saturated rings. The molecule has 4 rings (SSSR count). The van der Waals surface area contributed by atoms with Crippen LogP contribution in [0.1, 0.15) is 21.8 Å². The van der Waals surface area contributed by atoms with Gasteiger partial charge in [0.2, 0.25) is 0 Å². The number of anilines is 1. The van der Waals surface area contributed by atoms with Crippen molar-refractivity contribution >= 4 is 11.6 Å². The molecule has 1 unspecified atom stereocenters. The summed E-state index contributed by atoms with van der Waals surface area (Å²) >= 11 is 0. The summed E-state index contributed by atoms with van der Waals surface area (Å²) in [6.07, 6.45) is 1.45. The number of ketones is 1. The van der Waals surface area contributed by atoms with Crippen LogP contribution < -0.4 is 5.32 Å². The first kappa shape index (κ1) is 17.2. The number of pyridine rings is 1. The van der Waals surface area contributed by atoms with Gasteiger partial charge in [-0.2, -0.15) is 0 Å². The Hall–Kier alpha value is -3.22. The summed E-state index contributed by atoms with van der Waals surface area (Å²) in [4.78, 5) is 17.0. The standard InChI is InChI=1S/C20H12F4N2O/c21-11-1-2-15(17(24)8-11)19(27)16-9-26-20-18(16)14(3-4-25-20)10-5-12(22)7-13(23)6-10/h1-8,16H,9H2,(H,25,26). The molecule has 3 aromatic rings. The number of fused-ring (bicyclic) bond motifs is 1. The van der Waals surface area contributed by atoms with Gasteiger partial charge in [-0.1, -0.05) is 0 Å². The summed E-state index contributed by atoms with van der Waals surface area (Å²) in [6.45, 7) is 0.146. The Balaban J connectivity index is 1.82. The van der Waals surface area contributed by atoms with Crippen LogP contribution in [0.5, 0.6) is 0 Å². The molecule has 3 nitrogen and oxygen atoms in total. The van der Waals surface area contributed by atoms with Gasteiger partial charge in [-0.25, -0.2) is 22.5 Å². The van der Waals surface area contributed by atoms with Gasteiger partial charge in [0.25, 0.3) is 0 Å². The van der Waals surface area contributed by atoms with Crippen LogP contribution in [0.3, 0.4) is 0 Å². The first-order valence-corrected chi connectivity index (χ1v) is 8.12. The van der Waals surface area contributed by atoms with Crippen molar-refractivity contribution in [3.05, 3.63) is 83.1 Å². The van der Waals surface area contributed by atoms with E-state index in [1.54, 1.807) is 6.07 Å². The maximum Gasteiger partial charge on any atom is 0.175 e. The highest BCUT2D eigenvalue weighted by atomic mass is 19.1. The molecule has 27 heavy (non-hydrogen) atoms. The number of nitrogens with zero attached hydrogens (tertiary/aromatic N) is 1. The zero-order chi connectivity index (χ0) is 19.1. The fraction of sp³-hybridized carbons (Fsp3) is 0.100. The van der Waals surface area contributed by atoms with Crippen LogP contribution in [-0.2, 0) is 0 Å². The van der Waals surface area contributed by atoms with Gasteiger partial charge in [-0.3, -0.25) is 4.79 Å². The molecule has 0 spiro atoms. The van der Waals surface area contributed by atoms with Crippen LogP contribution in [0.4, 0.5) is 23.4 Å². The molecule has 2 heterocycles. The van der Waals surface area contributed by atoms with Gasteiger partial charge in [0, 0.05) is 30.4 Å². The number of Topliss-reactive ketones (excluding diaryl/α,β-unsaturated/α-hetero) is 1. The van der Waals surface area contributed by atoms with Crippen molar-refractivity contribution in [2.45, 2.75) is 5.92 Å². The van der Waals surface area contributed by atoms with Crippen LogP contribution in [0.2, 0.25) is 0 Å². The van der Waals surface area contributed by atoms with Gasteiger partial charge < -0.3 is 5.32 Å². The summed E-state index contributed by atoms with van der Waals surface area (Å²) in [5.41, 5.74) is 0.837. The normalized spacial score (nSPS) is 15.3. The SMILES string of the molecule is O=C(c1ccc(F)cc1F)C1CNc2nccc(-c3cc(F)cc(F)c3)c21. The van der Waals surface area contributed by atoms with Gasteiger partial charge in [0.1, 0.15) is 29.1 Å². The van der Waals surface area contributed by atoms with Crippen molar-refractivity contribution < 1.29 is 22.4 Å². The van der Waals surface area contributed by atoms with E-state index in [2.05, 4.69) is 10.3 Å². The molecule has 0 saturated heterocycles. The second-order valence-electron chi connectivity index (χ2n) is 6.20. The molecular formula is C20H12F4N2O. The first-order chi connectivity index (χ1) is 12.9. The Kier molecular flexibility index (Phi) is 4.14. The molecule has 1 N–H and O–H groups in total. The van der Waals surface area contributed by atoms with Crippen LogP contribution in [0.15, 0.2) is 48.7 Å². The molecule has 136 valence electrons. The number of nitrogens with one attached hydrogen (secondary N) is 1. The minimum absolute atomic E-state index is 0.146. The van der Waals surface area contributed by atoms with Crippen molar-refractivity contribution in [2.24, 2.45) is 0 Å². The Bertz CT molecular complexity index is 1050. The second-order valence-corrected chi connectivity index (χ2v) is 6.20. The van der Waals surface area contributed by atoms with Crippen LogP contribution in [0.25, 0.3) is 11.1 Å². The third-order valence-corrected chi connectivity index (χ3v) is 4.50. The molecule has 0 aliphatic carbocycles. The fourth-order valence-electron chi connectivity index (χ4n) is 3.33. The molecule has 1 aliphatic heterocycles. The highest BCUT2D eigenvalue weighted by Gasteiger charge is 2.34. The summed E-state index contributed by atoms with van der Waals surface area (Å²) in [5, 5.41) is 2.96. The van der Waals surface area contributed by atoms with Crippen LogP contribution in [0, 0.1) is 23.3 Å². The second kappa shape index (κ2) is 6.50. The number of carbonyl (C=O) groups is 1. The molecule has 2 aromatic carbocycles. The van der Waals surface area contributed by atoms with Gasteiger partial charge in [0.05, 0.1) is 11.5 Å². The van der Waals surface area contributed by atoms with Gasteiger partial charge >= 0.3 is 0 Å². The lowest BCUT2D eigenvalue weighted by Gasteiger charge is -2.14. The Morgan fingerprint density at radius 1 is 0.963 bits per heavy atom. The number of carbonyl (C=O) groups excluding carboxylic acids is 1. The van der Waals surface area contributed by atoms with E-state index >= 15 is 0 Å². The fourth-order valence-corrected chi connectivity index (χ4v) is 3.33. The molecule has 1 aliphatic rings. The Labute approximate surface area is 151 Å². The van der Waals surface area contributed by atoms with E-state index < -0.39 is 35.0 Å². The van der Waals surface area contributed by atoms with E-state index in [0.29, 0.717) is 23.0 Å². The summed E-state index contributed by atoms with van der Waals surface area (Å²) in [6, 6.07) is 7.33. The molecule has 0 bridgehead atoms. The summed E-state index contributed by atoms with van der Waals surface area (Å²) in [7, 11) is 0. The predicted octanol–water partition coefficient (Wildman–Crippen LogP) is 4.70. The topological polar surface area (TPSA) is 42.0 Å². The molecular weight excluding hydrogens is 360 g/mol. The molecule has 0 saturated carbocycles. The van der Waals surface area contributed by atoms with Crippen molar-refractivity contribution in [1.82, 2.24) is 4.98 Å². The van der Waals surface area contributed by atoms with Gasteiger partial charge in [-0.15, -0.1) is 0 Å². The predicted molar refractivity (Wildman–Crippen MR) is 91.5 cm³/mol. The maximum absolute atomic E-state index is 14.1. The quantitative estimate of drug-likeness (QED) is 0.535. The number of halogens is 4. The van der Waals surface area contributed by atoms with Crippen LogP contribution >= 0.6 is 0 Å². The van der Waals surface area contributed by atoms with E-state index in [9.17, 15) is 22.4 Å². The van der Waals surface area contributed by atoms with E-state index in [1.165, 1.54) is 6.20 Å². The Morgan fingerprint density at radius 3 is 2.41 bits per heavy atom. The number of aromatic nitrogens is 1. The summed E-state index contributed by atoms with van der Waals surface area (Å²) < 4.78 is 54.5. The van der Waals surface area contributed by atoms with Crippen LogP contribution in [-0.4, -0.2) is 17.3 Å². The van der Waals surface area contributed by atoms with E-state index in [4.69, 9.17) is 0 Å². The van der Waals surface area contributed by atoms with Crippen molar-refractivity contribution in [3.63, 3.8) is 0 Å². The Morgan fingerprint density at radius 2 is 1.70 bits per heavy atom. The highest BCUT2D eigenvalue weighted by molar-refractivity contribution is 6.04. The average Bonchev–Trinajstić information content (AvgIpc) is 3.04. The number of hydrogen-bond donors (Lipinski definition) is 1. The maximum atomic E-state index is 14.1. The lowest BCUT2D eigenvalue weighted by Crippen LogP contribution is -2.17. The third kappa shape index (κ3) is 3.05. The van der Waals surface area contributed by atoms with E-state index in [1.807, 2.05) is 0 Å². The van der Waals surface area contributed by atoms with E-state index in [-0.39, 0.29) is 17.7 Å². The molecule has 1 atom stereocenters. The zero-order valence-corrected chi connectivity index (χ0v) is 13.8. The number of benzene rings is 2. The third-order valence-electron chi connectivity index (χ3n) is 4.50. The lowest BCUT2D eigenvalue weighted by atomic mass is 9.88. The minimum Gasteiger partial charge on any atom is -0.369 e. The lowest BCUT2D eigenvalue weighted by molar-refractivity contribution is 0.0962. The van der Waals surface area contributed by atoms with Crippen molar-refractivity contribution in [3.8, 4) is 11.1 Å². The molecule has 0 radical (unpaired) electrons. The highest BCUT2D eigenvalue weighted by Crippen LogP contribution is 2.40.